The van der Waals surface area contributed by atoms with Crippen LogP contribution in [0.1, 0.15) is 31.6 Å². The summed E-state index contributed by atoms with van der Waals surface area (Å²) in [5.74, 6) is 2.53. The Morgan fingerprint density at radius 2 is 2.24 bits per heavy atom. The van der Waals surface area contributed by atoms with Crippen LogP contribution in [0.15, 0.2) is 28.7 Å². The van der Waals surface area contributed by atoms with Gasteiger partial charge in [-0.2, -0.15) is 0 Å². The van der Waals surface area contributed by atoms with Crippen molar-refractivity contribution in [1.82, 2.24) is 5.32 Å². The summed E-state index contributed by atoms with van der Waals surface area (Å²) in [6.45, 7) is 4.61. The number of para-hydroxylation sites is 1. The quantitative estimate of drug-likeness (QED) is 0.755. The van der Waals surface area contributed by atoms with Gasteiger partial charge in [0.15, 0.2) is 11.3 Å². The number of furan rings is 1. The first-order chi connectivity index (χ1) is 10.3. The molecule has 1 unspecified atom stereocenters. The van der Waals surface area contributed by atoms with Crippen molar-refractivity contribution in [3.05, 3.63) is 30.0 Å². The van der Waals surface area contributed by atoms with Crippen LogP contribution in [-0.4, -0.2) is 26.9 Å². The second-order valence-corrected chi connectivity index (χ2v) is 5.72. The van der Waals surface area contributed by atoms with Gasteiger partial charge in [-0.25, -0.2) is 0 Å². The van der Waals surface area contributed by atoms with Crippen LogP contribution in [0.4, 0.5) is 0 Å². The van der Waals surface area contributed by atoms with Gasteiger partial charge in [-0.1, -0.05) is 12.1 Å². The molecule has 1 heterocycles. The van der Waals surface area contributed by atoms with Gasteiger partial charge in [-0.3, -0.25) is 0 Å². The molecule has 1 aromatic carbocycles. The number of hydrogen-bond acceptors (Lipinski definition) is 4. The highest BCUT2D eigenvalue weighted by Crippen LogP contribution is 2.31. The molecule has 0 radical (unpaired) electrons. The van der Waals surface area contributed by atoms with Gasteiger partial charge < -0.3 is 19.2 Å². The fourth-order valence-electron chi connectivity index (χ4n) is 2.41. The minimum absolute atomic E-state index is 0.159. The molecule has 1 atom stereocenters. The summed E-state index contributed by atoms with van der Waals surface area (Å²) in [7, 11) is 1.66. The maximum Gasteiger partial charge on any atom is 0.176 e. The molecule has 1 N–H and O–H groups in total. The Morgan fingerprint density at radius 1 is 1.38 bits per heavy atom. The van der Waals surface area contributed by atoms with Crippen molar-refractivity contribution in [2.75, 3.05) is 26.9 Å². The van der Waals surface area contributed by atoms with E-state index in [-0.39, 0.29) is 6.04 Å². The summed E-state index contributed by atoms with van der Waals surface area (Å²) < 4.78 is 16.9. The summed E-state index contributed by atoms with van der Waals surface area (Å²) >= 11 is 0. The molecule has 1 saturated carbocycles. The Bertz CT molecular complexity index is 589. The third kappa shape index (κ3) is 3.57. The molecule has 0 spiro atoms. The highest BCUT2D eigenvalue weighted by Gasteiger charge is 2.21. The van der Waals surface area contributed by atoms with E-state index in [4.69, 9.17) is 13.9 Å². The molecular formula is C17H23NO3. The van der Waals surface area contributed by atoms with Crippen molar-refractivity contribution >= 4 is 11.0 Å². The normalized spacial score (nSPS) is 16.3. The van der Waals surface area contributed by atoms with Crippen LogP contribution in [0.2, 0.25) is 0 Å². The molecule has 114 valence electrons. The summed E-state index contributed by atoms with van der Waals surface area (Å²) in [6, 6.07) is 8.16. The van der Waals surface area contributed by atoms with E-state index in [1.807, 2.05) is 18.2 Å². The largest absolute Gasteiger partial charge is 0.493 e. The summed E-state index contributed by atoms with van der Waals surface area (Å²) in [4.78, 5) is 0. The Hall–Kier alpha value is -1.52. The molecule has 1 aliphatic rings. The standard InChI is InChI=1S/C17H23NO3/c1-12(18-8-9-20-11-13-6-7-13)16-10-14-4-3-5-15(19-2)17(14)21-16/h3-5,10,12-13,18H,6-9,11H2,1-2H3. The van der Waals surface area contributed by atoms with Gasteiger partial charge in [0.1, 0.15) is 5.76 Å². The molecule has 0 aliphatic heterocycles. The minimum atomic E-state index is 0.159. The first-order valence-corrected chi connectivity index (χ1v) is 7.65. The van der Waals surface area contributed by atoms with Crippen LogP contribution in [0.3, 0.4) is 0 Å². The zero-order valence-electron chi connectivity index (χ0n) is 12.7. The Balaban J connectivity index is 1.54. The van der Waals surface area contributed by atoms with Crippen LogP contribution in [0, 0.1) is 5.92 Å². The second-order valence-electron chi connectivity index (χ2n) is 5.72. The molecule has 1 aliphatic carbocycles. The topological polar surface area (TPSA) is 43.6 Å². The van der Waals surface area contributed by atoms with Crippen LogP contribution in [0.25, 0.3) is 11.0 Å². The van der Waals surface area contributed by atoms with Gasteiger partial charge in [0.05, 0.1) is 19.8 Å². The van der Waals surface area contributed by atoms with Crippen LogP contribution in [0.5, 0.6) is 5.75 Å². The molecular weight excluding hydrogens is 266 g/mol. The van der Waals surface area contributed by atoms with Gasteiger partial charge in [0, 0.05) is 18.5 Å². The number of methoxy groups -OCH3 is 1. The van der Waals surface area contributed by atoms with Crippen LogP contribution in [-0.2, 0) is 4.74 Å². The number of hydrogen-bond donors (Lipinski definition) is 1. The SMILES string of the molecule is COc1cccc2cc(C(C)NCCOCC3CC3)oc12. The predicted octanol–water partition coefficient (Wildman–Crippen LogP) is 3.52. The van der Waals surface area contributed by atoms with Crippen molar-refractivity contribution in [2.24, 2.45) is 5.92 Å². The Labute approximate surface area is 125 Å². The highest BCUT2D eigenvalue weighted by atomic mass is 16.5. The van der Waals surface area contributed by atoms with E-state index >= 15 is 0 Å². The van der Waals surface area contributed by atoms with E-state index in [9.17, 15) is 0 Å². The molecule has 1 aromatic heterocycles. The van der Waals surface area contributed by atoms with Gasteiger partial charge in [-0.15, -0.1) is 0 Å². The molecule has 21 heavy (non-hydrogen) atoms. The molecule has 4 heteroatoms. The minimum Gasteiger partial charge on any atom is -0.493 e. The van der Waals surface area contributed by atoms with E-state index in [1.54, 1.807) is 7.11 Å². The number of fused-ring (bicyclic) bond motifs is 1. The van der Waals surface area contributed by atoms with E-state index in [2.05, 4.69) is 18.3 Å². The zero-order chi connectivity index (χ0) is 14.7. The highest BCUT2D eigenvalue weighted by molar-refractivity contribution is 5.83. The number of ether oxygens (including phenoxy) is 2. The molecule has 0 bridgehead atoms. The summed E-state index contributed by atoms with van der Waals surface area (Å²) in [6.07, 6.45) is 2.68. The molecule has 0 saturated heterocycles. The van der Waals surface area contributed by atoms with Gasteiger partial charge in [-0.05, 0) is 37.8 Å². The van der Waals surface area contributed by atoms with Crippen molar-refractivity contribution in [2.45, 2.75) is 25.8 Å². The fourth-order valence-corrected chi connectivity index (χ4v) is 2.41. The Morgan fingerprint density at radius 3 is 3.00 bits per heavy atom. The molecule has 4 nitrogen and oxygen atoms in total. The van der Waals surface area contributed by atoms with Gasteiger partial charge in [0.2, 0.25) is 0 Å². The number of nitrogens with one attached hydrogen (secondary N) is 1. The third-order valence-corrected chi connectivity index (χ3v) is 3.92. The fraction of sp³-hybridized carbons (Fsp3) is 0.529. The second kappa shape index (κ2) is 6.50. The lowest BCUT2D eigenvalue weighted by Crippen LogP contribution is -2.23. The third-order valence-electron chi connectivity index (χ3n) is 3.92. The van der Waals surface area contributed by atoms with Crippen molar-refractivity contribution in [3.63, 3.8) is 0 Å². The average molecular weight is 289 g/mol. The average Bonchev–Trinajstić information content (AvgIpc) is 3.21. The Kier molecular flexibility index (Phi) is 4.46. The van der Waals surface area contributed by atoms with Crippen LogP contribution >= 0.6 is 0 Å². The molecule has 2 aromatic rings. The van der Waals surface area contributed by atoms with E-state index in [0.29, 0.717) is 0 Å². The zero-order valence-corrected chi connectivity index (χ0v) is 12.7. The first-order valence-electron chi connectivity index (χ1n) is 7.65. The smallest absolute Gasteiger partial charge is 0.176 e. The van der Waals surface area contributed by atoms with Crippen molar-refractivity contribution < 1.29 is 13.9 Å². The first kappa shape index (κ1) is 14.4. The summed E-state index contributed by atoms with van der Waals surface area (Å²) in [5, 5.41) is 4.50. The lowest BCUT2D eigenvalue weighted by Gasteiger charge is -2.11. The monoisotopic (exact) mass is 289 g/mol. The number of benzene rings is 1. The maximum atomic E-state index is 5.93. The van der Waals surface area contributed by atoms with Gasteiger partial charge >= 0.3 is 0 Å². The maximum absolute atomic E-state index is 5.93. The molecule has 1 fully saturated rings. The van der Waals surface area contributed by atoms with E-state index in [0.717, 1.165) is 48.2 Å². The lowest BCUT2D eigenvalue weighted by molar-refractivity contribution is 0.124. The van der Waals surface area contributed by atoms with E-state index in [1.165, 1.54) is 12.8 Å². The molecule has 0 amide bonds. The van der Waals surface area contributed by atoms with Gasteiger partial charge in [0.25, 0.3) is 0 Å². The lowest BCUT2D eigenvalue weighted by atomic mass is 10.2. The van der Waals surface area contributed by atoms with E-state index < -0.39 is 0 Å². The summed E-state index contributed by atoms with van der Waals surface area (Å²) in [5.41, 5.74) is 0.814. The van der Waals surface area contributed by atoms with Crippen molar-refractivity contribution in [1.29, 1.82) is 0 Å². The predicted molar refractivity (Wildman–Crippen MR) is 82.7 cm³/mol. The van der Waals surface area contributed by atoms with Crippen molar-refractivity contribution in [3.8, 4) is 5.75 Å². The molecule has 3 rings (SSSR count). The van der Waals surface area contributed by atoms with Crippen LogP contribution < -0.4 is 10.1 Å². The number of rotatable bonds is 8.